The highest BCUT2D eigenvalue weighted by atomic mass is 16.6. The summed E-state index contributed by atoms with van der Waals surface area (Å²) in [5.41, 5.74) is 13.3. The minimum Gasteiger partial charge on any atom is -0.491 e. The molecule has 11 heteroatoms. The maximum absolute atomic E-state index is 12.1. The Balaban J connectivity index is 0.000000124. The van der Waals surface area contributed by atoms with Gasteiger partial charge in [0.1, 0.15) is 43.2 Å². The van der Waals surface area contributed by atoms with Gasteiger partial charge in [-0.2, -0.15) is 0 Å². The van der Waals surface area contributed by atoms with Crippen LogP contribution in [0.4, 0.5) is 0 Å². The Morgan fingerprint density at radius 1 is 0.422 bits per heavy atom. The largest absolute Gasteiger partial charge is 0.491 e. The standard InChI is InChI=1S/C18H20O3.2C18H16O3.C18H18O2/c19-18(16-10-12-5-6-14(16)9-12)21-8-7-20-17-11-13-3-1-2-4-15(13)17;1-2-13-7-9-15(10-8-13)21-18(19)12-20-17-11-14-5-3-4-6-16(14)17;1-2-13-7-9-15(10-8-13)20-12-18(19)21-17-11-14-5-3-4-6-16(14)17;1-2-14-7-9-16(10-8-14)19-11-12-20-18-13-15-5-3-4-6-17(15)18/h1-6,12,14,16-17H,7-11H2;2*2-10,17H,1,11-12H2;2-10,18H,1,11-13H2. The number of hydrogen-bond acceptors (Lipinski definition) is 11. The van der Waals surface area contributed by atoms with Crippen LogP contribution in [-0.4, -0.2) is 57.5 Å². The molecule has 0 N–H and O–H groups in total. The molecule has 1 fully saturated rings. The highest BCUT2D eigenvalue weighted by Gasteiger charge is 2.41. The molecule has 2 bridgehead atoms. The van der Waals surface area contributed by atoms with E-state index in [0.29, 0.717) is 49.8 Å². The number of hydrogen-bond donors (Lipinski definition) is 0. The summed E-state index contributed by atoms with van der Waals surface area (Å²) in [5.74, 6) is 2.38. The summed E-state index contributed by atoms with van der Waals surface area (Å²) in [6.45, 7) is 13.0. The summed E-state index contributed by atoms with van der Waals surface area (Å²) < 4.78 is 44.3. The van der Waals surface area contributed by atoms with Crippen molar-refractivity contribution < 1.29 is 52.3 Å². The first-order chi connectivity index (χ1) is 40.7. The van der Waals surface area contributed by atoms with Crippen molar-refractivity contribution in [1.82, 2.24) is 0 Å². The number of benzene rings is 7. The number of rotatable bonds is 21. The van der Waals surface area contributed by atoms with Gasteiger partial charge in [-0.1, -0.05) is 184 Å². The number of allylic oxidation sites excluding steroid dienone is 2. The average molecular weight is 1110 g/mol. The van der Waals surface area contributed by atoms with Gasteiger partial charge in [-0.3, -0.25) is 4.79 Å². The van der Waals surface area contributed by atoms with E-state index in [1.807, 2.05) is 109 Å². The summed E-state index contributed by atoms with van der Waals surface area (Å²) in [5, 5.41) is 0. The van der Waals surface area contributed by atoms with Crippen LogP contribution in [-0.2, 0) is 63.8 Å². The van der Waals surface area contributed by atoms with E-state index in [-0.39, 0.29) is 61.5 Å². The molecule has 7 atom stereocenters. The molecule has 7 aromatic rings. The van der Waals surface area contributed by atoms with Gasteiger partial charge in [0.15, 0.2) is 6.61 Å². The van der Waals surface area contributed by atoms with E-state index >= 15 is 0 Å². The molecule has 0 amide bonds. The van der Waals surface area contributed by atoms with Gasteiger partial charge >= 0.3 is 17.9 Å². The summed E-state index contributed by atoms with van der Waals surface area (Å²) in [4.78, 5) is 35.6. The van der Waals surface area contributed by atoms with Crippen molar-refractivity contribution in [2.45, 2.75) is 62.9 Å². The summed E-state index contributed by atoms with van der Waals surface area (Å²) in [7, 11) is 0. The Morgan fingerprint density at radius 3 is 1.31 bits per heavy atom. The fraction of sp³-hybridized carbons (Fsp3) is 0.264. The lowest BCUT2D eigenvalue weighted by Crippen LogP contribution is -2.25. The van der Waals surface area contributed by atoms with Crippen molar-refractivity contribution in [2.75, 3.05) is 39.6 Å². The Labute approximate surface area is 486 Å². The fourth-order valence-electron chi connectivity index (χ4n) is 11.0. The molecule has 0 aliphatic heterocycles. The van der Waals surface area contributed by atoms with Crippen LogP contribution in [0, 0.1) is 17.8 Å². The summed E-state index contributed by atoms with van der Waals surface area (Å²) in [6.07, 6.45) is 15.8. The Hall–Kier alpha value is -8.61. The lowest BCUT2D eigenvalue weighted by molar-refractivity contribution is -0.153. The van der Waals surface area contributed by atoms with Crippen molar-refractivity contribution in [3.8, 4) is 17.2 Å². The predicted molar refractivity (Wildman–Crippen MR) is 322 cm³/mol. The van der Waals surface area contributed by atoms with Gasteiger partial charge < -0.3 is 37.9 Å². The molecule has 11 nitrogen and oxygen atoms in total. The molecule has 6 aliphatic rings. The minimum atomic E-state index is -0.384. The molecule has 83 heavy (non-hydrogen) atoms. The highest BCUT2D eigenvalue weighted by Crippen LogP contribution is 2.44. The molecule has 13 rings (SSSR count). The monoisotopic (exact) mass is 1110 g/mol. The van der Waals surface area contributed by atoms with E-state index in [9.17, 15) is 14.4 Å². The van der Waals surface area contributed by atoms with Gasteiger partial charge in [-0.15, -0.1) is 0 Å². The zero-order chi connectivity index (χ0) is 57.3. The van der Waals surface area contributed by atoms with E-state index in [1.54, 1.807) is 24.3 Å². The molecule has 7 aromatic carbocycles. The van der Waals surface area contributed by atoms with Crippen LogP contribution >= 0.6 is 0 Å². The van der Waals surface area contributed by atoms with Crippen LogP contribution in [0.1, 0.15) is 98.5 Å². The maximum Gasteiger partial charge on any atom is 0.344 e. The number of fused-ring (bicyclic) bond motifs is 6. The third-order valence-electron chi connectivity index (χ3n) is 15.7. The zero-order valence-electron chi connectivity index (χ0n) is 46.7. The molecular weight excluding hydrogens is 1040 g/mol. The van der Waals surface area contributed by atoms with Gasteiger partial charge in [0.2, 0.25) is 0 Å². The number of ether oxygens (including phenoxy) is 8. The van der Waals surface area contributed by atoms with Gasteiger partial charge in [0.05, 0.1) is 37.4 Å². The Kier molecular flexibility index (Phi) is 19.7. The molecule has 1 saturated carbocycles. The van der Waals surface area contributed by atoms with Crippen molar-refractivity contribution in [3.05, 3.63) is 263 Å². The lowest BCUT2D eigenvalue weighted by atomic mass is 9.85. The fourth-order valence-corrected chi connectivity index (χ4v) is 11.0. The topological polar surface area (TPSA) is 125 Å². The van der Waals surface area contributed by atoms with E-state index < -0.39 is 0 Å². The molecule has 0 aromatic heterocycles. The SMILES string of the molecule is C=Cc1ccc(OC(=O)COC2Cc3ccccc32)cc1.C=Cc1ccc(OCC(=O)OC2Cc3ccccc32)cc1.C=Cc1ccc(OCCOC2Cc3ccccc32)cc1.O=C(OCCOC1Cc2ccccc21)C1CC2C=CC1C2. The second-order valence-corrected chi connectivity index (χ2v) is 21.1. The van der Waals surface area contributed by atoms with E-state index in [1.165, 1.54) is 38.9 Å². The Morgan fingerprint density at radius 2 is 0.855 bits per heavy atom. The molecule has 0 heterocycles. The van der Waals surface area contributed by atoms with Crippen molar-refractivity contribution in [2.24, 2.45) is 17.8 Å². The second kappa shape index (κ2) is 28.4. The first kappa shape index (κ1) is 57.6. The predicted octanol–water partition coefficient (Wildman–Crippen LogP) is 14.2. The average Bonchev–Trinajstić information content (AvgIpc) is 4.32. The van der Waals surface area contributed by atoms with Crippen molar-refractivity contribution in [3.63, 3.8) is 0 Å². The van der Waals surface area contributed by atoms with E-state index in [2.05, 4.69) is 86.5 Å². The molecule has 424 valence electrons. The first-order valence-electron chi connectivity index (χ1n) is 28.5. The first-order valence-corrected chi connectivity index (χ1v) is 28.5. The number of carbonyl (C=O) groups is 3. The number of carbonyl (C=O) groups excluding carboxylic acids is 3. The molecule has 0 spiro atoms. The van der Waals surface area contributed by atoms with Crippen LogP contribution in [0.2, 0.25) is 0 Å². The third-order valence-corrected chi connectivity index (χ3v) is 15.7. The second-order valence-electron chi connectivity index (χ2n) is 21.1. The minimum absolute atomic E-state index is 0.0110. The van der Waals surface area contributed by atoms with Crippen LogP contribution in [0.25, 0.3) is 18.2 Å². The number of esters is 3. The van der Waals surface area contributed by atoms with Gasteiger partial charge in [-0.25, -0.2) is 9.59 Å². The third kappa shape index (κ3) is 15.3. The smallest absolute Gasteiger partial charge is 0.344 e. The highest BCUT2D eigenvalue weighted by molar-refractivity contribution is 5.74. The summed E-state index contributed by atoms with van der Waals surface area (Å²) in [6, 6.07) is 55.3. The van der Waals surface area contributed by atoms with Crippen molar-refractivity contribution in [1.29, 1.82) is 0 Å². The maximum atomic E-state index is 12.1. The lowest BCUT2D eigenvalue weighted by Gasteiger charge is -2.29. The quantitative estimate of drug-likeness (QED) is 0.0295. The van der Waals surface area contributed by atoms with Gasteiger partial charge in [0.25, 0.3) is 0 Å². The van der Waals surface area contributed by atoms with Crippen LogP contribution < -0.4 is 14.2 Å². The zero-order valence-corrected chi connectivity index (χ0v) is 46.7. The van der Waals surface area contributed by atoms with Crippen LogP contribution in [0.5, 0.6) is 17.2 Å². The summed E-state index contributed by atoms with van der Waals surface area (Å²) >= 11 is 0. The van der Waals surface area contributed by atoms with Crippen molar-refractivity contribution >= 4 is 36.1 Å². The molecular formula is C72H70O11. The Bertz CT molecular complexity index is 3380. The van der Waals surface area contributed by atoms with Gasteiger partial charge in [-0.05, 0) is 122 Å². The molecule has 7 unspecified atom stereocenters. The van der Waals surface area contributed by atoms with Crippen LogP contribution in [0.3, 0.4) is 0 Å². The van der Waals surface area contributed by atoms with Gasteiger partial charge in [0, 0.05) is 25.7 Å². The molecule has 6 aliphatic carbocycles. The van der Waals surface area contributed by atoms with E-state index in [4.69, 9.17) is 37.9 Å². The molecule has 0 radical (unpaired) electrons. The van der Waals surface area contributed by atoms with E-state index in [0.717, 1.165) is 66.5 Å². The normalized spacial score (nSPS) is 19.8. The van der Waals surface area contributed by atoms with Crippen LogP contribution in [0.15, 0.2) is 202 Å². The molecule has 0 saturated heterocycles.